The van der Waals surface area contributed by atoms with Gasteiger partial charge in [0, 0.05) is 47.0 Å². The Morgan fingerprint density at radius 3 is 1.58 bits per heavy atom. The first-order valence-electron chi connectivity index (χ1n) is 4.73. The summed E-state index contributed by atoms with van der Waals surface area (Å²) in [5.41, 5.74) is 0. The Kier molecular flexibility index (Phi) is 36.0. The fourth-order valence-electron chi connectivity index (χ4n) is 0.585. The van der Waals surface area contributed by atoms with Crippen molar-refractivity contribution in [2.24, 2.45) is 0 Å². The third-order valence-electron chi connectivity index (χ3n) is 1.37. The van der Waals surface area contributed by atoms with E-state index in [9.17, 15) is 0 Å². The van der Waals surface area contributed by atoms with Crippen molar-refractivity contribution in [2.75, 3.05) is 6.61 Å². The molecule has 0 aliphatic heterocycles. The molecule has 76 valence electrons. The van der Waals surface area contributed by atoms with E-state index in [1.54, 1.807) is 0 Å². The van der Waals surface area contributed by atoms with Crippen molar-refractivity contribution in [2.45, 2.75) is 52.4 Å². The fourth-order valence-corrected chi connectivity index (χ4v) is 0.585. The monoisotopic (exact) mass is 311 g/mol. The van der Waals surface area contributed by atoms with Crippen LogP contribution in [0.1, 0.15) is 52.4 Å². The molecule has 0 bridgehead atoms. The average Bonchev–Trinajstić information content (AvgIpc) is 2.04. The van der Waals surface area contributed by atoms with Gasteiger partial charge in [-0.2, -0.15) is 6.42 Å². The predicted molar refractivity (Wildman–Crippen MR) is 51.5 cm³/mol. The summed E-state index contributed by atoms with van der Waals surface area (Å²) in [7, 11) is 0. The molecule has 0 atom stereocenters. The van der Waals surface area contributed by atoms with E-state index in [1.807, 2.05) is 0 Å². The molecule has 2 heteroatoms. The summed E-state index contributed by atoms with van der Waals surface area (Å²) in [5.74, 6) is 0. The van der Waals surface area contributed by atoms with Gasteiger partial charge in [-0.15, -0.1) is 0 Å². The number of hydrogen-bond donors (Lipinski definition) is 1. The van der Waals surface area contributed by atoms with Gasteiger partial charge in [-0.25, -0.2) is 0 Å². The number of unbranched alkanes of at least 4 members (excludes halogenated alkanes) is 4. The van der Waals surface area contributed by atoms with Crippen molar-refractivity contribution < 1.29 is 45.5 Å². The number of aliphatic hydroxyl groups is 1. The zero-order valence-electron chi connectivity index (χ0n) is 8.51. The molecular formula is C10H23OSm-. The van der Waals surface area contributed by atoms with E-state index in [0.29, 0.717) is 6.61 Å². The molecule has 0 unspecified atom stereocenters. The number of rotatable bonds is 5. The second-order valence-electron chi connectivity index (χ2n) is 2.64. The second-order valence-corrected chi connectivity index (χ2v) is 2.64. The topological polar surface area (TPSA) is 20.2 Å². The molecule has 0 saturated carbocycles. The van der Waals surface area contributed by atoms with Crippen molar-refractivity contribution >= 4 is 0 Å². The van der Waals surface area contributed by atoms with Crippen LogP contribution in [0.3, 0.4) is 0 Å². The second kappa shape index (κ2) is 22.8. The number of hydrogen-bond acceptors (Lipinski definition) is 1. The summed E-state index contributed by atoms with van der Waals surface area (Å²) in [4.78, 5) is 0. The predicted octanol–water partition coefficient (Wildman–Crippen LogP) is 3.18. The van der Waals surface area contributed by atoms with Gasteiger partial charge in [-0.05, 0) is 6.42 Å². The molecule has 0 aromatic heterocycles. The average molecular weight is 310 g/mol. The normalized spacial score (nSPS) is 8.00. The molecule has 0 aliphatic carbocycles. The van der Waals surface area contributed by atoms with Crippen molar-refractivity contribution in [1.82, 2.24) is 0 Å². The van der Waals surface area contributed by atoms with E-state index in [4.69, 9.17) is 5.11 Å². The Morgan fingerprint density at radius 1 is 1.00 bits per heavy atom. The van der Waals surface area contributed by atoms with Crippen LogP contribution in [0.15, 0.2) is 0 Å². The van der Waals surface area contributed by atoms with Gasteiger partial charge in [0.2, 0.25) is 0 Å². The van der Waals surface area contributed by atoms with Gasteiger partial charge in [0.15, 0.2) is 0 Å². The summed E-state index contributed by atoms with van der Waals surface area (Å²) < 4.78 is 0. The molecule has 0 aromatic carbocycles. The van der Waals surface area contributed by atoms with Crippen LogP contribution in [0.2, 0.25) is 0 Å². The third-order valence-corrected chi connectivity index (χ3v) is 1.37. The molecule has 12 heavy (non-hydrogen) atoms. The van der Waals surface area contributed by atoms with Crippen molar-refractivity contribution in [1.29, 1.82) is 0 Å². The molecule has 0 aromatic rings. The van der Waals surface area contributed by atoms with Crippen LogP contribution in [-0.2, 0) is 0 Å². The molecule has 0 saturated heterocycles. The van der Waals surface area contributed by atoms with E-state index in [1.165, 1.54) is 19.3 Å². The molecule has 0 rings (SSSR count). The zero-order valence-corrected chi connectivity index (χ0v) is 11.1. The van der Waals surface area contributed by atoms with E-state index in [-0.39, 0.29) is 40.4 Å². The van der Waals surface area contributed by atoms with Crippen LogP contribution in [0.5, 0.6) is 0 Å². The van der Waals surface area contributed by atoms with Gasteiger partial charge in [0.05, 0.1) is 0 Å². The maximum atomic E-state index is 8.07. The molecular weight excluding hydrogens is 286 g/mol. The molecule has 0 radical (unpaired) electrons. The minimum Gasteiger partial charge on any atom is -0.396 e. The van der Waals surface area contributed by atoms with Gasteiger partial charge < -0.3 is 12.0 Å². The van der Waals surface area contributed by atoms with Crippen LogP contribution in [0.4, 0.5) is 0 Å². The standard InChI is InChI=1S/C6H13.C4H10O.Sm/c1-3-5-6-4-2;1-2-3-4-5;/h1,3-6H2,2H3;5H,2-4H2,1H3;/q-1;;. The number of aliphatic hydroxyl groups excluding tert-OH is 1. The Morgan fingerprint density at radius 2 is 1.50 bits per heavy atom. The maximum absolute atomic E-state index is 8.07. The third kappa shape index (κ3) is 30.2. The fraction of sp³-hybridized carbons (Fsp3) is 0.900. The van der Waals surface area contributed by atoms with Gasteiger partial charge in [0.1, 0.15) is 0 Å². The molecule has 0 heterocycles. The SMILES string of the molecule is CCCCO.[CH2-]CCCCC.[Sm]. The summed E-state index contributed by atoms with van der Waals surface area (Å²) in [6, 6.07) is 0. The van der Waals surface area contributed by atoms with Gasteiger partial charge in [0.25, 0.3) is 0 Å². The Labute approximate surface area is 110 Å². The summed E-state index contributed by atoms with van der Waals surface area (Å²) >= 11 is 0. The molecule has 0 aliphatic rings. The molecule has 0 spiro atoms. The minimum atomic E-state index is 0. The smallest absolute Gasteiger partial charge is 0.0430 e. The Hall–Kier alpha value is 1.30. The van der Waals surface area contributed by atoms with Crippen LogP contribution in [0.25, 0.3) is 0 Å². The van der Waals surface area contributed by atoms with Crippen molar-refractivity contribution in [3.05, 3.63) is 6.92 Å². The van der Waals surface area contributed by atoms with Gasteiger partial charge >= 0.3 is 0 Å². The quantitative estimate of drug-likeness (QED) is 0.611. The summed E-state index contributed by atoms with van der Waals surface area (Å²) in [5, 5.41) is 8.07. The van der Waals surface area contributed by atoms with E-state index >= 15 is 0 Å². The van der Waals surface area contributed by atoms with Crippen LogP contribution in [-0.4, -0.2) is 11.7 Å². The molecule has 0 fully saturated rings. The van der Waals surface area contributed by atoms with E-state index in [0.717, 1.165) is 19.3 Å². The first-order valence-corrected chi connectivity index (χ1v) is 4.73. The minimum absolute atomic E-state index is 0. The van der Waals surface area contributed by atoms with E-state index < -0.39 is 0 Å². The van der Waals surface area contributed by atoms with Crippen LogP contribution < -0.4 is 0 Å². The first-order chi connectivity index (χ1) is 5.33. The Balaban J connectivity index is -0.000000126. The van der Waals surface area contributed by atoms with Gasteiger partial charge in [-0.1, -0.05) is 39.5 Å². The zero-order chi connectivity index (χ0) is 8.95. The van der Waals surface area contributed by atoms with Crippen molar-refractivity contribution in [3.8, 4) is 0 Å². The van der Waals surface area contributed by atoms with Crippen LogP contribution >= 0.6 is 0 Å². The molecule has 0 amide bonds. The molecule has 1 nitrogen and oxygen atoms in total. The van der Waals surface area contributed by atoms with Gasteiger partial charge in [-0.3, -0.25) is 0 Å². The summed E-state index contributed by atoms with van der Waals surface area (Å²) in [6.45, 7) is 8.32. The van der Waals surface area contributed by atoms with Crippen LogP contribution in [0, 0.1) is 47.3 Å². The van der Waals surface area contributed by atoms with Crippen molar-refractivity contribution in [3.63, 3.8) is 0 Å². The van der Waals surface area contributed by atoms with E-state index in [2.05, 4.69) is 20.8 Å². The molecule has 1 N–H and O–H groups in total. The maximum Gasteiger partial charge on any atom is 0.0430 e. The Bertz CT molecular complexity index is 43.1. The first kappa shape index (κ1) is 19.0. The largest absolute Gasteiger partial charge is 0.396 e. The summed E-state index contributed by atoms with van der Waals surface area (Å²) in [6.07, 6.45) is 7.11.